The van der Waals surface area contributed by atoms with Crippen LogP contribution in [0, 0.1) is 0 Å². The number of carbonyl (C=O) groups is 2. The molecule has 1 aliphatic heterocycles. The minimum absolute atomic E-state index is 0.0151. The first-order chi connectivity index (χ1) is 18.5. The molecule has 0 aromatic heterocycles. The number of carbonyl (C=O) groups excluding carboxylic acids is 2. The minimum Gasteiger partial charge on any atom is -0.507 e. The number of Topliss-reactive ketones (excluding diaryl/α,β-unsaturated/α-hetero) is 1. The van der Waals surface area contributed by atoms with Crippen molar-refractivity contribution in [2.24, 2.45) is 0 Å². The lowest BCUT2D eigenvalue weighted by Gasteiger charge is -2.26. The summed E-state index contributed by atoms with van der Waals surface area (Å²) in [7, 11) is 1.55. The number of hydrogen-bond acceptors (Lipinski definition) is 6. The Labute approximate surface area is 223 Å². The van der Waals surface area contributed by atoms with Crippen LogP contribution in [0.1, 0.15) is 49.4 Å². The number of hydrogen-bond donors (Lipinski definition) is 1. The van der Waals surface area contributed by atoms with Crippen LogP contribution in [0.2, 0.25) is 0 Å². The minimum atomic E-state index is -0.829. The van der Waals surface area contributed by atoms with Crippen molar-refractivity contribution < 1.29 is 28.9 Å². The molecule has 0 spiro atoms. The van der Waals surface area contributed by atoms with E-state index in [4.69, 9.17) is 14.2 Å². The molecule has 0 aliphatic carbocycles. The van der Waals surface area contributed by atoms with Gasteiger partial charge in [0.1, 0.15) is 11.5 Å². The highest BCUT2D eigenvalue weighted by Gasteiger charge is 2.46. The molecule has 38 heavy (non-hydrogen) atoms. The van der Waals surface area contributed by atoms with Crippen molar-refractivity contribution in [3.05, 3.63) is 95.1 Å². The normalized spacial score (nSPS) is 16.5. The summed E-state index contributed by atoms with van der Waals surface area (Å²) >= 11 is 0. The zero-order valence-electron chi connectivity index (χ0n) is 22.0. The summed E-state index contributed by atoms with van der Waals surface area (Å²) in [4.78, 5) is 28.3. The summed E-state index contributed by atoms with van der Waals surface area (Å²) in [6.45, 7) is 5.16. The Kier molecular flexibility index (Phi) is 8.69. The molecule has 7 heteroatoms. The van der Waals surface area contributed by atoms with Crippen LogP contribution in [0.4, 0.5) is 0 Å². The first kappa shape index (κ1) is 26.8. The molecule has 1 amide bonds. The fourth-order valence-corrected chi connectivity index (χ4v) is 4.53. The maximum Gasteiger partial charge on any atom is 0.295 e. The number of ketones is 1. The third-order valence-corrected chi connectivity index (χ3v) is 6.41. The Bertz CT molecular complexity index is 1320. The quantitative estimate of drug-likeness (QED) is 0.148. The van der Waals surface area contributed by atoms with Gasteiger partial charge < -0.3 is 24.2 Å². The van der Waals surface area contributed by atoms with Gasteiger partial charge in [0.2, 0.25) is 0 Å². The summed E-state index contributed by atoms with van der Waals surface area (Å²) in [5.41, 5.74) is 1.90. The number of rotatable bonds is 11. The molecule has 1 saturated heterocycles. The third kappa shape index (κ3) is 5.67. The van der Waals surface area contributed by atoms with Crippen molar-refractivity contribution in [1.29, 1.82) is 0 Å². The predicted molar refractivity (Wildman–Crippen MR) is 145 cm³/mol. The largest absolute Gasteiger partial charge is 0.507 e. The molecule has 0 bridgehead atoms. The van der Waals surface area contributed by atoms with Crippen LogP contribution < -0.4 is 14.2 Å². The molecule has 7 nitrogen and oxygen atoms in total. The highest BCUT2D eigenvalue weighted by Crippen LogP contribution is 2.43. The van der Waals surface area contributed by atoms with Gasteiger partial charge in [0.25, 0.3) is 11.7 Å². The molecular weight excluding hydrogens is 482 g/mol. The Morgan fingerprint density at radius 3 is 2.42 bits per heavy atom. The van der Waals surface area contributed by atoms with Crippen molar-refractivity contribution in [2.75, 3.05) is 20.3 Å². The highest BCUT2D eigenvalue weighted by molar-refractivity contribution is 6.46. The number of unbranched alkanes of at least 4 members (excludes halogenated alkanes) is 1. The van der Waals surface area contributed by atoms with Crippen LogP contribution in [0.15, 0.2) is 78.4 Å². The van der Waals surface area contributed by atoms with Gasteiger partial charge in [-0.25, -0.2) is 0 Å². The zero-order valence-corrected chi connectivity index (χ0v) is 22.0. The molecule has 4 rings (SSSR count). The van der Waals surface area contributed by atoms with Crippen LogP contribution in [-0.4, -0.2) is 42.0 Å². The zero-order chi connectivity index (χ0) is 27.1. The third-order valence-electron chi connectivity index (χ3n) is 6.41. The van der Waals surface area contributed by atoms with Gasteiger partial charge in [0.05, 0.1) is 31.9 Å². The topological polar surface area (TPSA) is 85.3 Å². The number of benzene rings is 3. The highest BCUT2D eigenvalue weighted by atomic mass is 16.5. The number of aliphatic hydroxyl groups excluding tert-OH is 1. The molecule has 1 fully saturated rings. The van der Waals surface area contributed by atoms with E-state index in [-0.39, 0.29) is 17.9 Å². The standard InChI is InChI=1S/C31H33NO6/c1-4-6-17-38-25-16-15-22(19-26(25)36-3)28-27(29(33)23-13-10-14-24(18-23)37-5-2)30(34)31(35)32(28)20-21-11-8-7-9-12-21/h7-16,18-19,28,33H,4-6,17,20H2,1-3H3. The lowest BCUT2D eigenvalue weighted by molar-refractivity contribution is -0.140. The second-order valence-electron chi connectivity index (χ2n) is 8.99. The summed E-state index contributed by atoms with van der Waals surface area (Å²) < 4.78 is 17.1. The van der Waals surface area contributed by atoms with E-state index in [2.05, 4.69) is 6.92 Å². The molecule has 1 atom stereocenters. The number of aliphatic hydroxyl groups is 1. The Balaban J connectivity index is 1.83. The van der Waals surface area contributed by atoms with Gasteiger partial charge in [-0.05, 0) is 48.7 Å². The molecule has 1 aliphatic rings. The Morgan fingerprint density at radius 1 is 0.921 bits per heavy atom. The van der Waals surface area contributed by atoms with Crippen LogP contribution >= 0.6 is 0 Å². The van der Waals surface area contributed by atoms with Crippen molar-refractivity contribution in [3.8, 4) is 17.2 Å². The number of nitrogens with zero attached hydrogens (tertiary/aromatic N) is 1. The van der Waals surface area contributed by atoms with Gasteiger partial charge in [0, 0.05) is 12.1 Å². The average Bonchev–Trinajstić information content (AvgIpc) is 3.18. The molecule has 198 valence electrons. The van der Waals surface area contributed by atoms with E-state index < -0.39 is 17.7 Å². The molecule has 0 radical (unpaired) electrons. The Hall–Kier alpha value is -4.26. The smallest absolute Gasteiger partial charge is 0.295 e. The van der Waals surface area contributed by atoms with E-state index in [1.54, 1.807) is 43.5 Å². The van der Waals surface area contributed by atoms with Gasteiger partial charge >= 0.3 is 0 Å². The average molecular weight is 516 g/mol. The van der Waals surface area contributed by atoms with E-state index in [1.807, 2.05) is 43.3 Å². The molecule has 3 aromatic rings. The maximum absolute atomic E-state index is 13.4. The molecule has 1 N–H and O–H groups in total. The molecular formula is C31H33NO6. The lowest BCUT2D eigenvalue weighted by atomic mass is 9.94. The van der Waals surface area contributed by atoms with E-state index in [0.717, 1.165) is 18.4 Å². The van der Waals surface area contributed by atoms with Gasteiger partial charge in [-0.1, -0.05) is 61.9 Å². The molecule has 0 saturated carbocycles. The Morgan fingerprint density at radius 2 is 1.71 bits per heavy atom. The van der Waals surface area contributed by atoms with E-state index in [1.165, 1.54) is 4.90 Å². The first-order valence-corrected chi connectivity index (χ1v) is 12.8. The lowest BCUT2D eigenvalue weighted by Crippen LogP contribution is -2.29. The summed E-state index contributed by atoms with van der Waals surface area (Å²) in [5, 5.41) is 11.4. The van der Waals surface area contributed by atoms with Gasteiger partial charge in [-0.15, -0.1) is 0 Å². The van der Waals surface area contributed by atoms with Gasteiger partial charge in [-0.3, -0.25) is 9.59 Å². The molecule has 1 unspecified atom stereocenters. The number of methoxy groups -OCH3 is 1. The van der Waals surface area contributed by atoms with E-state index in [9.17, 15) is 14.7 Å². The second-order valence-corrected chi connectivity index (χ2v) is 8.99. The van der Waals surface area contributed by atoms with Crippen molar-refractivity contribution in [1.82, 2.24) is 4.90 Å². The van der Waals surface area contributed by atoms with Crippen LogP contribution in [-0.2, 0) is 16.1 Å². The van der Waals surface area contributed by atoms with Crippen molar-refractivity contribution in [2.45, 2.75) is 39.3 Å². The molecule has 3 aromatic carbocycles. The van der Waals surface area contributed by atoms with Crippen molar-refractivity contribution >= 4 is 17.4 Å². The van der Waals surface area contributed by atoms with E-state index >= 15 is 0 Å². The summed E-state index contributed by atoms with van der Waals surface area (Å²) in [6.07, 6.45) is 1.90. The fourth-order valence-electron chi connectivity index (χ4n) is 4.53. The SMILES string of the molecule is CCCCOc1ccc(C2C(=C(O)c3cccc(OCC)c3)C(=O)C(=O)N2Cc2ccccc2)cc1OC. The number of amides is 1. The predicted octanol–water partition coefficient (Wildman–Crippen LogP) is 5.89. The van der Waals surface area contributed by atoms with E-state index in [0.29, 0.717) is 41.6 Å². The fraction of sp³-hybridized carbons (Fsp3) is 0.290. The van der Waals surface area contributed by atoms with Crippen molar-refractivity contribution in [3.63, 3.8) is 0 Å². The van der Waals surface area contributed by atoms with Crippen LogP contribution in [0.5, 0.6) is 17.2 Å². The van der Waals surface area contributed by atoms with Crippen LogP contribution in [0.25, 0.3) is 5.76 Å². The second kappa shape index (κ2) is 12.3. The number of ether oxygens (including phenoxy) is 3. The van der Waals surface area contributed by atoms with Gasteiger partial charge in [0.15, 0.2) is 11.5 Å². The van der Waals surface area contributed by atoms with Gasteiger partial charge in [-0.2, -0.15) is 0 Å². The summed E-state index contributed by atoms with van der Waals surface area (Å²) in [6, 6.07) is 20.8. The number of likely N-dealkylation sites (tertiary alicyclic amines) is 1. The maximum atomic E-state index is 13.4. The van der Waals surface area contributed by atoms with Crippen LogP contribution in [0.3, 0.4) is 0 Å². The monoisotopic (exact) mass is 515 g/mol. The molecule has 1 heterocycles. The summed E-state index contributed by atoms with van der Waals surface area (Å²) in [5.74, 6) is -0.0537. The first-order valence-electron chi connectivity index (χ1n) is 12.8.